The van der Waals surface area contributed by atoms with Gasteiger partial charge in [0.1, 0.15) is 11.6 Å². The van der Waals surface area contributed by atoms with Gasteiger partial charge in [0.15, 0.2) is 0 Å². The molecule has 0 aliphatic carbocycles. The Morgan fingerprint density at radius 2 is 1.94 bits per heavy atom. The van der Waals surface area contributed by atoms with E-state index in [9.17, 15) is 4.39 Å². The fraction of sp³-hybridized carbons (Fsp3) is 0.0769. The number of benzene rings is 2. The summed E-state index contributed by atoms with van der Waals surface area (Å²) in [6.45, 7) is 0. The first-order valence-electron chi connectivity index (χ1n) is 5.01. The van der Waals surface area contributed by atoms with Gasteiger partial charge in [0.05, 0.1) is 17.8 Å². The highest BCUT2D eigenvalue weighted by atomic mass is 35.5. The number of hydrogen-bond donors (Lipinski definition) is 1. The fourth-order valence-corrected chi connectivity index (χ4v) is 1.73. The largest absolute Gasteiger partial charge is 0.496 e. The first kappa shape index (κ1) is 11.7. The van der Waals surface area contributed by atoms with Crippen LogP contribution in [-0.4, -0.2) is 7.11 Å². The molecule has 2 nitrogen and oxygen atoms in total. The maximum Gasteiger partial charge on any atom is 0.126 e. The molecule has 0 aliphatic rings. The van der Waals surface area contributed by atoms with Gasteiger partial charge in [-0.1, -0.05) is 17.7 Å². The second kappa shape index (κ2) is 4.63. The molecular weight excluding hydrogens is 241 g/mol. The summed E-state index contributed by atoms with van der Waals surface area (Å²) in [4.78, 5) is 0. The van der Waals surface area contributed by atoms with E-state index in [0.717, 1.165) is 5.56 Å². The Hall–Kier alpha value is -1.74. The quantitative estimate of drug-likeness (QED) is 0.826. The van der Waals surface area contributed by atoms with Crippen molar-refractivity contribution in [3.63, 3.8) is 0 Å². The lowest BCUT2D eigenvalue weighted by atomic mass is 10.0. The van der Waals surface area contributed by atoms with E-state index in [0.29, 0.717) is 22.0 Å². The van der Waals surface area contributed by atoms with Crippen LogP contribution in [0.1, 0.15) is 0 Å². The molecule has 0 saturated heterocycles. The highest BCUT2D eigenvalue weighted by Crippen LogP contribution is 2.33. The number of anilines is 1. The Labute approximate surface area is 104 Å². The number of methoxy groups -OCH3 is 1. The highest BCUT2D eigenvalue weighted by Gasteiger charge is 2.08. The van der Waals surface area contributed by atoms with E-state index in [-0.39, 0.29) is 5.82 Å². The molecule has 0 fully saturated rings. The summed E-state index contributed by atoms with van der Waals surface area (Å²) < 4.78 is 18.4. The van der Waals surface area contributed by atoms with Gasteiger partial charge in [-0.15, -0.1) is 0 Å². The monoisotopic (exact) mass is 251 g/mol. The topological polar surface area (TPSA) is 35.2 Å². The summed E-state index contributed by atoms with van der Waals surface area (Å²) in [6.07, 6.45) is 0. The number of ether oxygens (including phenoxy) is 1. The van der Waals surface area contributed by atoms with Crippen LogP contribution in [0.25, 0.3) is 11.1 Å². The van der Waals surface area contributed by atoms with Crippen molar-refractivity contribution in [3.05, 3.63) is 47.2 Å². The lowest BCUT2D eigenvalue weighted by molar-refractivity contribution is 0.415. The van der Waals surface area contributed by atoms with E-state index in [4.69, 9.17) is 22.1 Å². The molecule has 88 valence electrons. The van der Waals surface area contributed by atoms with Crippen molar-refractivity contribution < 1.29 is 9.13 Å². The van der Waals surface area contributed by atoms with E-state index in [2.05, 4.69) is 0 Å². The van der Waals surface area contributed by atoms with Gasteiger partial charge in [0.2, 0.25) is 0 Å². The smallest absolute Gasteiger partial charge is 0.126 e. The molecular formula is C13H11ClFNO. The Kier molecular flexibility index (Phi) is 3.20. The van der Waals surface area contributed by atoms with Gasteiger partial charge in [-0.2, -0.15) is 0 Å². The molecule has 0 bridgehead atoms. The van der Waals surface area contributed by atoms with Crippen molar-refractivity contribution >= 4 is 17.3 Å². The average molecular weight is 252 g/mol. The van der Waals surface area contributed by atoms with Crippen molar-refractivity contribution in [2.45, 2.75) is 0 Å². The minimum Gasteiger partial charge on any atom is -0.496 e. The zero-order chi connectivity index (χ0) is 12.4. The maximum atomic E-state index is 13.2. The van der Waals surface area contributed by atoms with Crippen LogP contribution in [0.4, 0.5) is 10.1 Å². The summed E-state index contributed by atoms with van der Waals surface area (Å²) >= 11 is 5.84. The third-order valence-electron chi connectivity index (χ3n) is 2.47. The number of nitrogen functional groups attached to an aromatic ring is 1. The van der Waals surface area contributed by atoms with Crippen molar-refractivity contribution in [3.8, 4) is 16.9 Å². The molecule has 2 N–H and O–H groups in total. The van der Waals surface area contributed by atoms with E-state index < -0.39 is 0 Å². The molecule has 2 aromatic rings. The molecule has 0 aliphatic heterocycles. The van der Waals surface area contributed by atoms with Crippen LogP contribution in [0.5, 0.6) is 5.75 Å². The summed E-state index contributed by atoms with van der Waals surface area (Å²) in [7, 11) is 1.54. The van der Waals surface area contributed by atoms with Gasteiger partial charge in [0, 0.05) is 5.56 Å². The summed E-state index contributed by atoms with van der Waals surface area (Å²) in [5, 5.41) is 0.476. The molecule has 0 spiro atoms. The Morgan fingerprint density at radius 3 is 2.59 bits per heavy atom. The minimum absolute atomic E-state index is 0.325. The molecule has 0 radical (unpaired) electrons. The van der Waals surface area contributed by atoms with Gasteiger partial charge >= 0.3 is 0 Å². The Balaban J connectivity index is 2.58. The van der Waals surface area contributed by atoms with E-state index in [1.165, 1.54) is 19.2 Å². The predicted molar refractivity (Wildman–Crippen MR) is 67.8 cm³/mol. The third kappa shape index (κ3) is 2.34. The fourth-order valence-electron chi connectivity index (χ4n) is 1.62. The van der Waals surface area contributed by atoms with Crippen LogP contribution in [0.15, 0.2) is 36.4 Å². The second-order valence-electron chi connectivity index (χ2n) is 3.58. The predicted octanol–water partition coefficient (Wildman–Crippen LogP) is 3.74. The van der Waals surface area contributed by atoms with E-state index in [1.807, 2.05) is 0 Å². The lowest BCUT2D eigenvalue weighted by Crippen LogP contribution is -1.91. The van der Waals surface area contributed by atoms with Gasteiger partial charge < -0.3 is 10.5 Å². The standard InChI is InChI=1S/C13H11ClFNO/c1-17-13-5-3-9(15)7-10(13)8-2-4-11(14)12(16)6-8/h2-7H,16H2,1H3. The summed E-state index contributed by atoms with van der Waals surface area (Å²) in [5.41, 5.74) is 7.59. The number of hydrogen-bond acceptors (Lipinski definition) is 2. The van der Waals surface area contributed by atoms with Crippen LogP contribution < -0.4 is 10.5 Å². The van der Waals surface area contributed by atoms with Crippen molar-refractivity contribution in [2.24, 2.45) is 0 Å². The first-order valence-corrected chi connectivity index (χ1v) is 5.38. The zero-order valence-corrected chi connectivity index (χ0v) is 9.96. The SMILES string of the molecule is COc1ccc(F)cc1-c1ccc(Cl)c(N)c1. The molecule has 0 aromatic heterocycles. The van der Waals surface area contributed by atoms with Crippen LogP contribution >= 0.6 is 11.6 Å². The minimum atomic E-state index is -0.325. The second-order valence-corrected chi connectivity index (χ2v) is 3.99. The molecule has 0 unspecified atom stereocenters. The number of rotatable bonds is 2. The van der Waals surface area contributed by atoms with Crippen molar-refractivity contribution in [1.82, 2.24) is 0 Å². The molecule has 0 amide bonds. The van der Waals surface area contributed by atoms with Crippen molar-refractivity contribution in [2.75, 3.05) is 12.8 Å². The van der Waals surface area contributed by atoms with Crippen LogP contribution in [0.2, 0.25) is 5.02 Å². The van der Waals surface area contributed by atoms with E-state index >= 15 is 0 Å². The summed E-state index contributed by atoms with van der Waals surface area (Å²) in [6, 6.07) is 9.48. The normalized spacial score (nSPS) is 10.3. The van der Waals surface area contributed by atoms with Gasteiger partial charge in [-0.05, 0) is 35.9 Å². The Morgan fingerprint density at radius 1 is 1.18 bits per heavy atom. The van der Waals surface area contributed by atoms with Gasteiger partial charge in [0.25, 0.3) is 0 Å². The molecule has 0 heterocycles. The van der Waals surface area contributed by atoms with Crippen LogP contribution in [0, 0.1) is 5.82 Å². The Bertz CT molecular complexity index is 557. The maximum absolute atomic E-state index is 13.2. The highest BCUT2D eigenvalue weighted by molar-refractivity contribution is 6.33. The van der Waals surface area contributed by atoms with Crippen LogP contribution in [0.3, 0.4) is 0 Å². The number of nitrogens with two attached hydrogens (primary N) is 1. The zero-order valence-electron chi connectivity index (χ0n) is 9.21. The van der Waals surface area contributed by atoms with Crippen molar-refractivity contribution in [1.29, 1.82) is 0 Å². The molecule has 2 rings (SSSR count). The van der Waals surface area contributed by atoms with E-state index in [1.54, 1.807) is 24.3 Å². The molecule has 0 atom stereocenters. The molecule has 2 aromatic carbocycles. The molecule has 17 heavy (non-hydrogen) atoms. The van der Waals surface area contributed by atoms with Gasteiger partial charge in [-0.25, -0.2) is 4.39 Å². The number of halogens is 2. The lowest BCUT2D eigenvalue weighted by Gasteiger charge is -2.09. The first-order chi connectivity index (χ1) is 8.11. The molecule has 4 heteroatoms. The van der Waals surface area contributed by atoms with Gasteiger partial charge in [-0.3, -0.25) is 0 Å². The average Bonchev–Trinajstić information content (AvgIpc) is 2.32. The third-order valence-corrected chi connectivity index (χ3v) is 2.81. The van der Waals surface area contributed by atoms with Crippen LogP contribution in [-0.2, 0) is 0 Å². The summed E-state index contributed by atoms with van der Waals surface area (Å²) in [5.74, 6) is 0.266. The molecule has 0 saturated carbocycles.